The maximum absolute atomic E-state index is 11.8. The summed E-state index contributed by atoms with van der Waals surface area (Å²) in [6.07, 6.45) is 2.94. The number of amides is 1. The molecule has 1 saturated heterocycles. The standard InChI is InChI=1S/C14H22N2O3/c1-11(2)7-5-8-13(3)14(4,18)16(10-6-9-15)12(17)19-13/h7,18H,5-6,8,10H2,1-4H3/t13-,14-/m1/s1. The van der Waals surface area contributed by atoms with Gasteiger partial charge in [0.2, 0.25) is 0 Å². The molecule has 19 heavy (non-hydrogen) atoms. The number of carbonyl (C=O) groups excluding carboxylic acids is 1. The number of ether oxygens (including phenoxy) is 1. The van der Waals surface area contributed by atoms with E-state index in [-0.39, 0.29) is 13.0 Å². The summed E-state index contributed by atoms with van der Waals surface area (Å²) in [7, 11) is 0. The molecule has 1 rings (SSSR count). The molecule has 106 valence electrons. The molecule has 0 aromatic rings. The van der Waals surface area contributed by atoms with Gasteiger partial charge in [-0.15, -0.1) is 0 Å². The third-order valence-corrected chi connectivity index (χ3v) is 3.68. The summed E-state index contributed by atoms with van der Waals surface area (Å²) in [5.74, 6) is 0. The average Bonchev–Trinajstić information content (AvgIpc) is 2.43. The van der Waals surface area contributed by atoms with Gasteiger partial charge in [0.15, 0.2) is 11.3 Å². The third-order valence-electron chi connectivity index (χ3n) is 3.68. The molecule has 0 saturated carbocycles. The minimum absolute atomic E-state index is 0.176. The number of nitriles is 1. The second-order valence-electron chi connectivity index (χ2n) is 5.50. The van der Waals surface area contributed by atoms with Gasteiger partial charge >= 0.3 is 6.09 Å². The second-order valence-corrected chi connectivity index (χ2v) is 5.50. The lowest BCUT2D eigenvalue weighted by Crippen LogP contribution is -2.55. The van der Waals surface area contributed by atoms with Gasteiger partial charge in [-0.1, -0.05) is 11.6 Å². The number of aliphatic hydroxyl groups is 1. The van der Waals surface area contributed by atoms with Crippen LogP contribution in [-0.4, -0.2) is 34.0 Å². The van der Waals surface area contributed by atoms with Crippen molar-refractivity contribution in [1.29, 1.82) is 5.26 Å². The monoisotopic (exact) mass is 266 g/mol. The quantitative estimate of drug-likeness (QED) is 0.776. The van der Waals surface area contributed by atoms with E-state index in [4.69, 9.17) is 10.00 Å². The topological polar surface area (TPSA) is 73.6 Å². The zero-order valence-electron chi connectivity index (χ0n) is 12.1. The fraction of sp³-hybridized carbons (Fsp3) is 0.714. The Morgan fingerprint density at radius 1 is 1.53 bits per heavy atom. The Morgan fingerprint density at radius 2 is 2.16 bits per heavy atom. The molecule has 0 unspecified atom stereocenters. The van der Waals surface area contributed by atoms with Crippen molar-refractivity contribution in [2.75, 3.05) is 6.54 Å². The maximum atomic E-state index is 11.8. The number of nitrogens with zero attached hydrogens (tertiary/aromatic N) is 2. The predicted molar refractivity (Wildman–Crippen MR) is 71.1 cm³/mol. The summed E-state index contributed by atoms with van der Waals surface area (Å²) in [4.78, 5) is 13.1. The van der Waals surface area contributed by atoms with Gasteiger partial charge in [0, 0.05) is 6.54 Å². The number of allylic oxidation sites excluding steroid dienone is 2. The molecule has 5 nitrogen and oxygen atoms in total. The Morgan fingerprint density at radius 3 is 2.68 bits per heavy atom. The molecule has 0 bridgehead atoms. The molecule has 5 heteroatoms. The summed E-state index contributed by atoms with van der Waals surface area (Å²) in [6.45, 7) is 7.48. The van der Waals surface area contributed by atoms with Crippen LogP contribution < -0.4 is 0 Å². The van der Waals surface area contributed by atoms with Crippen LogP contribution in [0.2, 0.25) is 0 Å². The average molecular weight is 266 g/mol. The normalized spacial score (nSPS) is 29.9. The highest BCUT2D eigenvalue weighted by Crippen LogP contribution is 2.40. The Balaban J connectivity index is 2.83. The van der Waals surface area contributed by atoms with E-state index in [2.05, 4.69) is 0 Å². The number of rotatable bonds is 5. The maximum Gasteiger partial charge on any atom is 0.412 e. The lowest BCUT2D eigenvalue weighted by molar-refractivity contribution is -0.138. The summed E-state index contributed by atoms with van der Waals surface area (Å²) >= 11 is 0. The molecule has 1 fully saturated rings. The van der Waals surface area contributed by atoms with E-state index in [1.165, 1.54) is 10.5 Å². The molecule has 1 amide bonds. The van der Waals surface area contributed by atoms with Crippen LogP contribution in [0, 0.1) is 11.3 Å². The van der Waals surface area contributed by atoms with Crippen LogP contribution in [0.5, 0.6) is 0 Å². The molecule has 0 aromatic heterocycles. The predicted octanol–water partition coefficient (Wildman–Crippen LogP) is 2.57. The zero-order valence-corrected chi connectivity index (χ0v) is 12.1. The highest BCUT2D eigenvalue weighted by Gasteiger charge is 2.58. The van der Waals surface area contributed by atoms with Crippen molar-refractivity contribution in [1.82, 2.24) is 4.90 Å². The van der Waals surface area contributed by atoms with E-state index >= 15 is 0 Å². The summed E-state index contributed by atoms with van der Waals surface area (Å²) in [6, 6.07) is 1.97. The van der Waals surface area contributed by atoms with Gasteiger partial charge in [0.05, 0.1) is 12.5 Å². The lowest BCUT2D eigenvalue weighted by atomic mass is 9.88. The molecule has 0 aromatic carbocycles. The van der Waals surface area contributed by atoms with Crippen molar-refractivity contribution in [2.24, 2.45) is 0 Å². The van der Waals surface area contributed by atoms with Crippen molar-refractivity contribution in [3.05, 3.63) is 11.6 Å². The molecule has 1 N–H and O–H groups in total. The summed E-state index contributed by atoms with van der Waals surface area (Å²) in [5, 5.41) is 19.2. The molecular weight excluding hydrogens is 244 g/mol. The molecule has 1 aliphatic heterocycles. The van der Waals surface area contributed by atoms with Crippen LogP contribution in [-0.2, 0) is 4.74 Å². The summed E-state index contributed by atoms with van der Waals surface area (Å²) < 4.78 is 5.35. The van der Waals surface area contributed by atoms with Gasteiger partial charge in [0.1, 0.15) is 0 Å². The highest BCUT2D eigenvalue weighted by molar-refractivity contribution is 5.72. The first kappa shape index (κ1) is 15.5. The number of carbonyl (C=O) groups is 1. The van der Waals surface area contributed by atoms with E-state index < -0.39 is 17.4 Å². The van der Waals surface area contributed by atoms with Gasteiger partial charge in [-0.3, -0.25) is 4.90 Å². The molecule has 0 aliphatic carbocycles. The first-order valence-electron chi connectivity index (χ1n) is 6.48. The van der Waals surface area contributed by atoms with E-state index in [1.54, 1.807) is 13.8 Å². The van der Waals surface area contributed by atoms with Crippen LogP contribution in [0.25, 0.3) is 0 Å². The van der Waals surface area contributed by atoms with Crippen molar-refractivity contribution < 1.29 is 14.6 Å². The van der Waals surface area contributed by atoms with Crippen LogP contribution in [0.15, 0.2) is 11.6 Å². The Kier molecular flexibility index (Phi) is 4.59. The fourth-order valence-electron chi connectivity index (χ4n) is 2.20. The lowest BCUT2D eigenvalue weighted by Gasteiger charge is -2.37. The zero-order chi connectivity index (χ0) is 14.7. The van der Waals surface area contributed by atoms with E-state index in [0.29, 0.717) is 6.42 Å². The Hall–Kier alpha value is -1.54. The van der Waals surface area contributed by atoms with E-state index in [9.17, 15) is 9.90 Å². The number of cyclic esters (lactones) is 1. The van der Waals surface area contributed by atoms with E-state index in [1.807, 2.05) is 26.0 Å². The molecule has 1 heterocycles. The van der Waals surface area contributed by atoms with Crippen molar-refractivity contribution in [3.63, 3.8) is 0 Å². The number of hydrogen-bond acceptors (Lipinski definition) is 4. The van der Waals surface area contributed by atoms with Crippen LogP contribution in [0.3, 0.4) is 0 Å². The Bertz CT molecular complexity index is 419. The fourth-order valence-corrected chi connectivity index (χ4v) is 2.20. The van der Waals surface area contributed by atoms with Crippen LogP contribution in [0.1, 0.15) is 47.0 Å². The van der Waals surface area contributed by atoms with Crippen molar-refractivity contribution >= 4 is 6.09 Å². The van der Waals surface area contributed by atoms with Crippen molar-refractivity contribution in [2.45, 2.75) is 58.3 Å². The highest BCUT2D eigenvalue weighted by atomic mass is 16.6. The molecule has 2 atom stereocenters. The molecule has 0 radical (unpaired) electrons. The SMILES string of the molecule is CC(C)=CCC[C@@]1(C)OC(=O)N(CCC#N)[C@]1(C)O. The number of hydrogen-bond donors (Lipinski definition) is 1. The molecule has 1 aliphatic rings. The largest absolute Gasteiger partial charge is 0.438 e. The molecular formula is C14H22N2O3. The molecule has 0 spiro atoms. The smallest absolute Gasteiger partial charge is 0.412 e. The Labute approximate surface area is 114 Å². The van der Waals surface area contributed by atoms with Gasteiger partial charge < -0.3 is 9.84 Å². The van der Waals surface area contributed by atoms with Gasteiger partial charge in [-0.05, 0) is 40.5 Å². The van der Waals surface area contributed by atoms with Gasteiger partial charge in [0.25, 0.3) is 0 Å². The van der Waals surface area contributed by atoms with E-state index in [0.717, 1.165) is 6.42 Å². The van der Waals surface area contributed by atoms with Crippen molar-refractivity contribution in [3.8, 4) is 6.07 Å². The minimum atomic E-state index is -1.39. The van der Waals surface area contributed by atoms with Gasteiger partial charge in [-0.25, -0.2) is 4.79 Å². The van der Waals surface area contributed by atoms with Gasteiger partial charge in [-0.2, -0.15) is 5.26 Å². The van der Waals surface area contributed by atoms with Crippen LogP contribution in [0.4, 0.5) is 4.79 Å². The summed E-state index contributed by atoms with van der Waals surface area (Å²) in [5.41, 5.74) is -1.16. The first-order valence-corrected chi connectivity index (χ1v) is 6.48. The minimum Gasteiger partial charge on any atom is -0.438 e. The van der Waals surface area contributed by atoms with Crippen LogP contribution >= 0.6 is 0 Å². The second kappa shape index (κ2) is 5.62. The first-order chi connectivity index (χ1) is 8.74. The third kappa shape index (κ3) is 3.07.